The van der Waals surface area contributed by atoms with Crippen molar-refractivity contribution in [3.8, 4) is 22.6 Å². The summed E-state index contributed by atoms with van der Waals surface area (Å²) in [6.45, 7) is 2.16. The zero-order chi connectivity index (χ0) is 11.8. The highest BCUT2D eigenvalue weighted by atomic mass is 19.1. The Hall–Kier alpha value is -2.03. The van der Waals surface area contributed by atoms with E-state index in [-0.39, 0.29) is 12.6 Å². The number of ether oxygens (including phenoxy) is 2. The summed E-state index contributed by atoms with van der Waals surface area (Å²) in [5.41, 5.74) is 2.52. The topological polar surface area (TPSA) is 18.5 Å². The van der Waals surface area contributed by atoms with Crippen molar-refractivity contribution in [1.82, 2.24) is 0 Å². The van der Waals surface area contributed by atoms with Crippen LogP contribution in [0.2, 0.25) is 0 Å². The number of halogens is 1. The third-order valence-electron chi connectivity index (χ3n) is 2.82. The Morgan fingerprint density at radius 2 is 1.65 bits per heavy atom. The van der Waals surface area contributed by atoms with Crippen molar-refractivity contribution in [3.63, 3.8) is 0 Å². The van der Waals surface area contributed by atoms with Crippen molar-refractivity contribution in [1.29, 1.82) is 0 Å². The van der Waals surface area contributed by atoms with E-state index in [1.807, 2.05) is 31.2 Å². The van der Waals surface area contributed by atoms with Gasteiger partial charge in [-0.05, 0) is 18.6 Å². The molecule has 0 amide bonds. The minimum Gasteiger partial charge on any atom is -0.454 e. The second-order valence-electron chi connectivity index (χ2n) is 4.05. The molecule has 1 heterocycles. The first kappa shape index (κ1) is 10.1. The molecule has 2 aromatic rings. The number of benzene rings is 2. The fraction of sp³-hybridized carbons (Fsp3) is 0.143. The summed E-state index contributed by atoms with van der Waals surface area (Å²) >= 11 is 0. The van der Waals surface area contributed by atoms with Crippen LogP contribution in [0.1, 0.15) is 5.56 Å². The van der Waals surface area contributed by atoms with Gasteiger partial charge in [-0.1, -0.05) is 29.8 Å². The lowest BCUT2D eigenvalue weighted by molar-refractivity contribution is 0.174. The van der Waals surface area contributed by atoms with E-state index in [0.717, 1.165) is 11.1 Å². The van der Waals surface area contributed by atoms with E-state index in [1.54, 1.807) is 6.07 Å². The average molecular weight is 230 g/mol. The van der Waals surface area contributed by atoms with Crippen LogP contribution >= 0.6 is 0 Å². The molecule has 2 aromatic carbocycles. The lowest BCUT2D eigenvalue weighted by Gasteiger charge is -2.05. The minimum atomic E-state index is -0.293. The normalized spacial score (nSPS) is 12.8. The molecule has 1 aliphatic heterocycles. The molecule has 0 spiro atoms. The Morgan fingerprint density at radius 1 is 1.00 bits per heavy atom. The molecule has 0 atom stereocenters. The maximum Gasteiger partial charge on any atom is 0.231 e. The number of hydrogen-bond donors (Lipinski definition) is 0. The highest BCUT2D eigenvalue weighted by molar-refractivity contribution is 5.68. The minimum absolute atomic E-state index is 0.159. The molecule has 0 unspecified atom stereocenters. The van der Waals surface area contributed by atoms with Crippen molar-refractivity contribution in [3.05, 3.63) is 47.8 Å². The molecule has 0 aromatic heterocycles. The van der Waals surface area contributed by atoms with Gasteiger partial charge in [-0.15, -0.1) is 0 Å². The van der Waals surface area contributed by atoms with Crippen LogP contribution in [0.15, 0.2) is 36.4 Å². The molecular weight excluding hydrogens is 219 g/mol. The fourth-order valence-electron chi connectivity index (χ4n) is 1.87. The highest BCUT2D eigenvalue weighted by Crippen LogP contribution is 2.37. The molecule has 0 N–H and O–H groups in total. The van der Waals surface area contributed by atoms with Crippen LogP contribution in [0, 0.1) is 12.7 Å². The van der Waals surface area contributed by atoms with Crippen LogP contribution in [0.3, 0.4) is 0 Å². The maximum absolute atomic E-state index is 13.9. The SMILES string of the molecule is Cc1ccc(-c2cc3c(cc2F)OCO3)cc1. The van der Waals surface area contributed by atoms with E-state index in [2.05, 4.69) is 0 Å². The van der Waals surface area contributed by atoms with Crippen molar-refractivity contribution in [2.45, 2.75) is 6.92 Å². The van der Waals surface area contributed by atoms with Crippen LogP contribution in [0.5, 0.6) is 11.5 Å². The van der Waals surface area contributed by atoms with Crippen molar-refractivity contribution >= 4 is 0 Å². The molecule has 2 nitrogen and oxygen atoms in total. The summed E-state index contributed by atoms with van der Waals surface area (Å²) in [5, 5.41) is 0. The van der Waals surface area contributed by atoms with Crippen molar-refractivity contribution in [2.24, 2.45) is 0 Å². The molecule has 0 saturated carbocycles. The first-order valence-electron chi connectivity index (χ1n) is 5.40. The van der Waals surface area contributed by atoms with Crippen molar-refractivity contribution < 1.29 is 13.9 Å². The van der Waals surface area contributed by atoms with Gasteiger partial charge in [-0.2, -0.15) is 0 Å². The van der Waals surface area contributed by atoms with Gasteiger partial charge in [0.15, 0.2) is 11.5 Å². The van der Waals surface area contributed by atoms with Crippen LogP contribution < -0.4 is 9.47 Å². The molecule has 86 valence electrons. The average Bonchev–Trinajstić information content (AvgIpc) is 2.76. The molecule has 0 bridgehead atoms. The number of rotatable bonds is 1. The standard InChI is InChI=1S/C14H11FO2/c1-9-2-4-10(5-3-9)11-6-13-14(7-12(11)15)17-8-16-13/h2-7H,8H2,1H3. The Bertz CT molecular complexity index is 561. The summed E-state index contributed by atoms with van der Waals surface area (Å²) in [7, 11) is 0. The van der Waals surface area contributed by atoms with Crippen LogP contribution in [0.4, 0.5) is 4.39 Å². The molecule has 0 saturated heterocycles. The van der Waals surface area contributed by atoms with Crippen molar-refractivity contribution in [2.75, 3.05) is 6.79 Å². The zero-order valence-electron chi connectivity index (χ0n) is 9.37. The number of aryl methyl sites for hydroxylation is 1. The molecular formula is C14H11FO2. The quantitative estimate of drug-likeness (QED) is 0.746. The summed E-state index contributed by atoms with van der Waals surface area (Å²) in [6, 6.07) is 10.8. The largest absolute Gasteiger partial charge is 0.454 e. The molecule has 0 aliphatic carbocycles. The second-order valence-corrected chi connectivity index (χ2v) is 4.05. The van der Waals surface area contributed by atoms with E-state index in [1.165, 1.54) is 6.07 Å². The van der Waals surface area contributed by atoms with Crippen LogP contribution in [-0.4, -0.2) is 6.79 Å². The Kier molecular flexibility index (Phi) is 2.25. The van der Waals surface area contributed by atoms with Gasteiger partial charge in [0.25, 0.3) is 0 Å². The van der Waals surface area contributed by atoms with E-state index >= 15 is 0 Å². The summed E-state index contributed by atoms with van der Waals surface area (Å²) in [4.78, 5) is 0. The smallest absolute Gasteiger partial charge is 0.231 e. The maximum atomic E-state index is 13.9. The highest BCUT2D eigenvalue weighted by Gasteiger charge is 2.17. The molecule has 17 heavy (non-hydrogen) atoms. The Labute approximate surface area is 98.6 Å². The predicted molar refractivity (Wildman–Crippen MR) is 62.7 cm³/mol. The second kappa shape index (κ2) is 3.77. The summed E-state index contributed by atoms with van der Waals surface area (Å²) < 4.78 is 24.3. The lowest BCUT2D eigenvalue weighted by atomic mass is 10.0. The van der Waals surface area contributed by atoms with Gasteiger partial charge in [0.1, 0.15) is 5.82 Å². The lowest BCUT2D eigenvalue weighted by Crippen LogP contribution is -1.92. The summed E-state index contributed by atoms with van der Waals surface area (Å²) in [6.07, 6.45) is 0. The van der Waals surface area contributed by atoms with Gasteiger partial charge in [0.05, 0.1) is 0 Å². The first-order valence-corrected chi connectivity index (χ1v) is 5.40. The van der Waals surface area contributed by atoms with Gasteiger partial charge in [-0.3, -0.25) is 0 Å². The number of hydrogen-bond acceptors (Lipinski definition) is 2. The van der Waals surface area contributed by atoms with Gasteiger partial charge in [-0.25, -0.2) is 4.39 Å². The van der Waals surface area contributed by atoms with E-state index in [9.17, 15) is 4.39 Å². The first-order chi connectivity index (χ1) is 8.24. The Morgan fingerprint density at radius 3 is 2.35 bits per heavy atom. The van der Waals surface area contributed by atoms with E-state index < -0.39 is 0 Å². The third kappa shape index (κ3) is 1.73. The number of fused-ring (bicyclic) bond motifs is 1. The van der Waals surface area contributed by atoms with Gasteiger partial charge in [0, 0.05) is 11.6 Å². The monoisotopic (exact) mass is 230 g/mol. The molecule has 0 fully saturated rings. The van der Waals surface area contributed by atoms with E-state index in [0.29, 0.717) is 17.1 Å². The third-order valence-corrected chi connectivity index (χ3v) is 2.82. The molecule has 1 aliphatic rings. The predicted octanol–water partition coefficient (Wildman–Crippen LogP) is 3.53. The molecule has 3 heteroatoms. The molecule has 3 rings (SSSR count). The molecule has 0 radical (unpaired) electrons. The van der Waals surface area contributed by atoms with E-state index in [4.69, 9.17) is 9.47 Å². The van der Waals surface area contributed by atoms with Gasteiger partial charge < -0.3 is 9.47 Å². The Balaban J connectivity index is 2.11. The van der Waals surface area contributed by atoms with Gasteiger partial charge in [0.2, 0.25) is 6.79 Å². The summed E-state index contributed by atoms with van der Waals surface area (Å²) in [5.74, 6) is 0.776. The van der Waals surface area contributed by atoms with Gasteiger partial charge >= 0.3 is 0 Å². The van der Waals surface area contributed by atoms with Crippen LogP contribution in [-0.2, 0) is 0 Å². The fourth-order valence-corrected chi connectivity index (χ4v) is 1.87. The zero-order valence-corrected chi connectivity index (χ0v) is 9.37. The van der Waals surface area contributed by atoms with Crippen LogP contribution in [0.25, 0.3) is 11.1 Å².